The van der Waals surface area contributed by atoms with Gasteiger partial charge < -0.3 is 10.1 Å². The molecule has 2 aliphatic heterocycles. The molecule has 4 rings (SSSR count). The van der Waals surface area contributed by atoms with Crippen molar-refractivity contribution in [1.29, 1.82) is 0 Å². The molecular weight excluding hydrogens is 276 g/mol. The van der Waals surface area contributed by atoms with Gasteiger partial charge in [-0.2, -0.15) is 0 Å². The van der Waals surface area contributed by atoms with Gasteiger partial charge in [-0.1, -0.05) is 30.3 Å². The predicted octanol–water partition coefficient (Wildman–Crippen LogP) is 3.32. The van der Waals surface area contributed by atoms with Gasteiger partial charge in [-0.25, -0.2) is 4.79 Å². The number of ether oxygens (including phenoxy) is 1. The number of carbonyl (C=O) groups is 1. The van der Waals surface area contributed by atoms with Gasteiger partial charge in [-0.3, -0.25) is 4.90 Å². The second-order valence-corrected chi connectivity index (χ2v) is 6.96. The minimum absolute atomic E-state index is 0.0905. The van der Waals surface area contributed by atoms with E-state index in [1.165, 1.54) is 12.8 Å². The maximum atomic E-state index is 12.2. The Bertz CT molecular complexity index is 507. The molecule has 2 heterocycles. The van der Waals surface area contributed by atoms with Crippen LogP contribution in [0.3, 0.4) is 0 Å². The van der Waals surface area contributed by atoms with Gasteiger partial charge in [0.1, 0.15) is 6.61 Å². The van der Waals surface area contributed by atoms with Gasteiger partial charge in [0.25, 0.3) is 0 Å². The summed E-state index contributed by atoms with van der Waals surface area (Å²) >= 11 is 0. The summed E-state index contributed by atoms with van der Waals surface area (Å²) in [7, 11) is 0. The number of hydrogen-bond acceptors (Lipinski definition) is 3. The van der Waals surface area contributed by atoms with Crippen LogP contribution in [0.15, 0.2) is 30.3 Å². The summed E-state index contributed by atoms with van der Waals surface area (Å²) in [5.74, 6) is 0. The fraction of sp³-hybridized carbons (Fsp3) is 0.611. The highest BCUT2D eigenvalue weighted by Gasteiger charge is 2.46. The predicted molar refractivity (Wildman–Crippen MR) is 86.6 cm³/mol. The highest BCUT2D eigenvalue weighted by molar-refractivity contribution is 5.68. The molecule has 1 N–H and O–H groups in total. The van der Waals surface area contributed by atoms with Crippen molar-refractivity contribution in [1.82, 2.24) is 10.2 Å². The van der Waals surface area contributed by atoms with Crippen molar-refractivity contribution in [3.05, 3.63) is 35.9 Å². The maximum absolute atomic E-state index is 12.2. The van der Waals surface area contributed by atoms with Crippen LogP contribution in [0.1, 0.15) is 45.1 Å². The number of piperidine rings is 2. The van der Waals surface area contributed by atoms with Gasteiger partial charge in [0.2, 0.25) is 0 Å². The Hall–Kier alpha value is -1.55. The molecule has 1 aromatic rings. The zero-order valence-electron chi connectivity index (χ0n) is 13.5. The average Bonchev–Trinajstić information content (AvgIpc) is 2.54. The largest absolute Gasteiger partial charge is 0.445 e. The molecule has 0 atom stereocenters. The molecule has 1 saturated carbocycles. The normalized spacial score (nSPS) is 27.9. The van der Waals surface area contributed by atoms with Gasteiger partial charge in [0.05, 0.1) is 5.54 Å². The molecule has 1 amide bonds. The Morgan fingerprint density at radius 3 is 2.64 bits per heavy atom. The van der Waals surface area contributed by atoms with Gasteiger partial charge >= 0.3 is 6.09 Å². The van der Waals surface area contributed by atoms with Crippen LogP contribution in [-0.2, 0) is 11.3 Å². The van der Waals surface area contributed by atoms with E-state index in [1.54, 1.807) is 0 Å². The quantitative estimate of drug-likeness (QED) is 0.927. The summed E-state index contributed by atoms with van der Waals surface area (Å²) in [5.41, 5.74) is 0.929. The molecule has 120 valence electrons. The van der Waals surface area contributed by atoms with Crippen molar-refractivity contribution in [3.63, 3.8) is 0 Å². The van der Waals surface area contributed by atoms with Crippen molar-refractivity contribution >= 4 is 6.09 Å². The first-order chi connectivity index (χ1) is 10.6. The van der Waals surface area contributed by atoms with Crippen molar-refractivity contribution in [2.24, 2.45) is 0 Å². The summed E-state index contributed by atoms with van der Waals surface area (Å²) in [6.07, 6.45) is 4.21. The van der Waals surface area contributed by atoms with Crippen LogP contribution in [0.25, 0.3) is 0 Å². The Kier molecular flexibility index (Phi) is 4.39. The number of amides is 1. The molecule has 1 aromatic carbocycles. The third kappa shape index (κ3) is 3.27. The van der Waals surface area contributed by atoms with Crippen molar-refractivity contribution < 1.29 is 9.53 Å². The minimum Gasteiger partial charge on any atom is -0.445 e. The number of nitrogens with one attached hydrogen (secondary N) is 1. The minimum atomic E-state index is -0.284. The molecule has 0 spiro atoms. The third-order valence-electron chi connectivity index (χ3n) is 5.11. The number of carbonyl (C=O) groups excluding carboxylic acids is 1. The molecule has 4 heteroatoms. The molecule has 2 saturated heterocycles. The van der Waals surface area contributed by atoms with Crippen LogP contribution in [0.2, 0.25) is 0 Å². The van der Waals surface area contributed by atoms with E-state index in [1.807, 2.05) is 30.3 Å². The first kappa shape index (κ1) is 15.3. The number of benzene rings is 1. The van der Waals surface area contributed by atoms with Gasteiger partial charge in [-0.05, 0) is 45.1 Å². The summed E-state index contributed by atoms with van der Waals surface area (Å²) in [6, 6.07) is 11.0. The molecule has 22 heavy (non-hydrogen) atoms. The van der Waals surface area contributed by atoms with Gasteiger partial charge in [0, 0.05) is 18.6 Å². The number of nitrogens with zero attached hydrogens (tertiary/aromatic N) is 1. The lowest BCUT2D eigenvalue weighted by atomic mass is 9.73. The summed E-state index contributed by atoms with van der Waals surface area (Å²) < 4.78 is 5.40. The fourth-order valence-electron chi connectivity index (χ4n) is 3.87. The first-order valence-corrected chi connectivity index (χ1v) is 8.33. The van der Waals surface area contributed by atoms with Crippen LogP contribution in [0.4, 0.5) is 4.79 Å². The standard InChI is InChI=1S/C18H26N2O2/c1-14(2)20-13-18(10-8-16(20)9-11-18)19-17(21)22-12-15-6-4-3-5-7-15/h3-7,14,16H,8-13H2,1-2H3,(H,19,21). The lowest BCUT2D eigenvalue weighted by Gasteiger charge is -2.54. The first-order valence-electron chi connectivity index (χ1n) is 8.33. The van der Waals surface area contributed by atoms with E-state index in [2.05, 4.69) is 24.1 Å². The monoisotopic (exact) mass is 302 g/mol. The van der Waals surface area contributed by atoms with Crippen molar-refractivity contribution in [2.45, 2.75) is 63.8 Å². The Morgan fingerprint density at radius 2 is 2.00 bits per heavy atom. The molecule has 4 nitrogen and oxygen atoms in total. The molecule has 3 fully saturated rings. The second-order valence-electron chi connectivity index (χ2n) is 6.96. The molecule has 2 bridgehead atoms. The summed E-state index contributed by atoms with van der Waals surface area (Å²) in [6.45, 7) is 5.76. The van der Waals surface area contributed by atoms with Crippen molar-refractivity contribution in [3.8, 4) is 0 Å². The van der Waals surface area contributed by atoms with E-state index >= 15 is 0 Å². The van der Waals surface area contributed by atoms with Gasteiger partial charge in [-0.15, -0.1) is 0 Å². The van der Waals surface area contributed by atoms with Crippen molar-refractivity contribution in [2.75, 3.05) is 6.54 Å². The SMILES string of the molecule is CC(C)N1CC2(NC(=O)OCc3ccccc3)CCC1CC2. The molecule has 0 radical (unpaired) electrons. The Balaban J connectivity index is 1.56. The van der Waals surface area contributed by atoms with Crippen LogP contribution >= 0.6 is 0 Å². The summed E-state index contributed by atoms with van der Waals surface area (Å²) in [5, 5.41) is 3.17. The number of fused-ring (bicyclic) bond motifs is 3. The van der Waals surface area contributed by atoms with Crippen LogP contribution < -0.4 is 5.32 Å². The third-order valence-corrected chi connectivity index (χ3v) is 5.11. The highest BCUT2D eigenvalue weighted by atomic mass is 16.5. The average molecular weight is 302 g/mol. The van der Waals surface area contributed by atoms with E-state index in [-0.39, 0.29) is 11.6 Å². The Labute approximate surface area is 132 Å². The molecule has 3 aliphatic rings. The van der Waals surface area contributed by atoms with E-state index in [0.717, 1.165) is 24.9 Å². The van der Waals surface area contributed by atoms with E-state index in [4.69, 9.17) is 4.74 Å². The smallest absolute Gasteiger partial charge is 0.407 e. The van der Waals surface area contributed by atoms with E-state index in [9.17, 15) is 4.79 Å². The second kappa shape index (κ2) is 6.29. The van der Waals surface area contributed by atoms with Crippen LogP contribution in [-0.4, -0.2) is 35.2 Å². The molecular formula is C18H26N2O2. The number of hydrogen-bond donors (Lipinski definition) is 1. The zero-order valence-corrected chi connectivity index (χ0v) is 13.5. The lowest BCUT2D eigenvalue weighted by molar-refractivity contribution is -0.00984. The fourth-order valence-corrected chi connectivity index (χ4v) is 3.87. The highest BCUT2D eigenvalue weighted by Crippen LogP contribution is 2.39. The summed E-state index contributed by atoms with van der Waals surface area (Å²) in [4.78, 5) is 14.7. The molecule has 0 aromatic heterocycles. The number of rotatable bonds is 4. The lowest BCUT2D eigenvalue weighted by Crippen LogP contribution is -2.66. The topological polar surface area (TPSA) is 41.6 Å². The van der Waals surface area contributed by atoms with Crippen LogP contribution in [0.5, 0.6) is 0 Å². The number of alkyl carbamates (subject to hydrolysis) is 1. The zero-order chi connectivity index (χ0) is 15.6. The Morgan fingerprint density at radius 1 is 1.32 bits per heavy atom. The van der Waals surface area contributed by atoms with E-state index < -0.39 is 0 Å². The molecule has 1 aliphatic carbocycles. The maximum Gasteiger partial charge on any atom is 0.407 e. The van der Waals surface area contributed by atoms with Gasteiger partial charge in [0.15, 0.2) is 0 Å². The van der Waals surface area contributed by atoms with Crippen LogP contribution in [0, 0.1) is 0 Å². The van der Waals surface area contributed by atoms with E-state index in [0.29, 0.717) is 18.7 Å². The molecule has 0 unspecified atom stereocenters.